The topological polar surface area (TPSA) is 53.1 Å². The smallest absolute Gasteiger partial charge is 0.311 e. The van der Waals surface area contributed by atoms with Gasteiger partial charge in [0.25, 0.3) is 0 Å². The second kappa shape index (κ2) is 3.62. The van der Waals surface area contributed by atoms with Gasteiger partial charge in [-0.3, -0.25) is 4.79 Å². The molecule has 0 spiro atoms. The highest BCUT2D eigenvalue weighted by Gasteiger charge is 2.39. The van der Waals surface area contributed by atoms with Crippen LogP contribution in [0.2, 0.25) is 0 Å². The quantitative estimate of drug-likeness (QED) is 0.849. The average molecular weight is 229 g/mol. The van der Waals surface area contributed by atoms with Gasteiger partial charge in [0, 0.05) is 16.6 Å². The summed E-state index contributed by atoms with van der Waals surface area (Å²) in [5.74, 6) is -0.711. The van der Waals surface area contributed by atoms with Gasteiger partial charge in [0.2, 0.25) is 0 Å². The molecule has 1 aliphatic rings. The number of hydrogen-bond donors (Lipinski definition) is 2. The molecule has 17 heavy (non-hydrogen) atoms. The first-order valence-corrected chi connectivity index (χ1v) is 5.98. The zero-order chi connectivity index (χ0) is 12.0. The second-order valence-corrected chi connectivity index (χ2v) is 4.86. The van der Waals surface area contributed by atoms with Crippen LogP contribution in [0, 0.1) is 12.8 Å². The van der Waals surface area contributed by atoms with Gasteiger partial charge in [0.1, 0.15) is 0 Å². The number of aryl methyl sites for hydroxylation is 1. The highest BCUT2D eigenvalue weighted by atomic mass is 16.4. The van der Waals surface area contributed by atoms with Crippen molar-refractivity contribution in [2.75, 3.05) is 0 Å². The number of aliphatic carboxylic acids is 1. The predicted molar refractivity (Wildman–Crippen MR) is 66.1 cm³/mol. The Morgan fingerprint density at radius 3 is 2.76 bits per heavy atom. The Morgan fingerprint density at radius 1 is 1.41 bits per heavy atom. The Labute approximate surface area is 99.5 Å². The first-order chi connectivity index (χ1) is 8.18. The summed E-state index contributed by atoms with van der Waals surface area (Å²) in [6, 6.07) is 7.93. The Hall–Kier alpha value is -1.77. The van der Waals surface area contributed by atoms with Crippen LogP contribution in [-0.2, 0) is 4.79 Å². The molecular formula is C14H15NO2. The van der Waals surface area contributed by atoms with E-state index in [-0.39, 0.29) is 5.92 Å². The van der Waals surface area contributed by atoms with Crippen molar-refractivity contribution < 1.29 is 9.90 Å². The summed E-state index contributed by atoms with van der Waals surface area (Å²) in [6.07, 6.45) is 2.08. The Kier molecular flexibility index (Phi) is 2.21. The minimum atomic E-state index is -0.694. The van der Waals surface area contributed by atoms with Crippen LogP contribution in [0.1, 0.15) is 30.0 Å². The molecule has 1 aliphatic carbocycles. The monoisotopic (exact) mass is 229 g/mol. The third kappa shape index (κ3) is 1.62. The minimum absolute atomic E-state index is 0.324. The van der Waals surface area contributed by atoms with Crippen molar-refractivity contribution >= 4 is 16.9 Å². The zero-order valence-electron chi connectivity index (χ0n) is 9.73. The molecule has 2 aromatic rings. The van der Waals surface area contributed by atoms with Crippen molar-refractivity contribution in [3.05, 3.63) is 35.5 Å². The summed E-state index contributed by atoms with van der Waals surface area (Å²) in [6.45, 7) is 1.97. The fourth-order valence-electron chi connectivity index (χ4n) is 2.69. The van der Waals surface area contributed by atoms with Crippen molar-refractivity contribution in [2.24, 2.45) is 5.92 Å². The summed E-state index contributed by atoms with van der Waals surface area (Å²) in [5, 5.41) is 10.5. The zero-order valence-corrected chi connectivity index (χ0v) is 9.73. The van der Waals surface area contributed by atoms with Gasteiger partial charge < -0.3 is 10.1 Å². The maximum atomic E-state index is 11.5. The van der Waals surface area contributed by atoms with Gasteiger partial charge in [-0.1, -0.05) is 18.2 Å². The molecule has 1 unspecified atom stereocenters. The summed E-state index contributed by atoms with van der Waals surface area (Å²) in [4.78, 5) is 14.7. The lowest BCUT2D eigenvalue weighted by Gasteiger charge is -2.11. The molecule has 1 atom stereocenters. The van der Waals surface area contributed by atoms with Crippen LogP contribution < -0.4 is 0 Å². The van der Waals surface area contributed by atoms with Crippen LogP contribution in [0.4, 0.5) is 0 Å². The van der Waals surface area contributed by atoms with E-state index in [1.54, 1.807) is 0 Å². The third-order valence-corrected chi connectivity index (χ3v) is 3.61. The fraction of sp³-hybridized carbons (Fsp3) is 0.357. The number of para-hydroxylation sites is 1. The van der Waals surface area contributed by atoms with Crippen molar-refractivity contribution in [1.29, 1.82) is 0 Å². The Morgan fingerprint density at radius 2 is 2.12 bits per heavy atom. The number of H-pyrrole nitrogens is 1. The van der Waals surface area contributed by atoms with Crippen molar-refractivity contribution in [3.8, 4) is 0 Å². The van der Waals surface area contributed by atoms with Crippen LogP contribution in [0.5, 0.6) is 0 Å². The first-order valence-electron chi connectivity index (χ1n) is 5.98. The number of nitrogens with one attached hydrogen (secondary N) is 1. The number of carbonyl (C=O) groups is 1. The molecule has 0 saturated heterocycles. The normalized spacial score (nSPS) is 17.2. The van der Waals surface area contributed by atoms with Crippen LogP contribution in [0.15, 0.2) is 24.3 Å². The number of fused-ring (bicyclic) bond motifs is 1. The van der Waals surface area contributed by atoms with E-state index in [4.69, 9.17) is 0 Å². The van der Waals surface area contributed by atoms with E-state index < -0.39 is 5.97 Å². The highest BCUT2D eigenvalue weighted by Crippen LogP contribution is 2.45. The summed E-state index contributed by atoms with van der Waals surface area (Å²) in [7, 11) is 0. The van der Waals surface area contributed by atoms with Gasteiger partial charge in [-0.2, -0.15) is 0 Å². The largest absolute Gasteiger partial charge is 0.481 e. The van der Waals surface area contributed by atoms with E-state index in [0.29, 0.717) is 5.92 Å². The lowest BCUT2D eigenvalue weighted by Crippen LogP contribution is -2.14. The Bertz CT molecular complexity index is 581. The molecule has 0 radical (unpaired) electrons. The van der Waals surface area contributed by atoms with E-state index in [2.05, 4.69) is 4.98 Å². The van der Waals surface area contributed by atoms with Gasteiger partial charge >= 0.3 is 5.97 Å². The van der Waals surface area contributed by atoms with E-state index in [9.17, 15) is 9.90 Å². The van der Waals surface area contributed by atoms with Crippen LogP contribution in [0.3, 0.4) is 0 Å². The number of aromatic nitrogens is 1. The lowest BCUT2D eigenvalue weighted by atomic mass is 9.92. The number of carboxylic acids is 1. The molecule has 88 valence electrons. The molecule has 3 rings (SSSR count). The molecule has 1 saturated carbocycles. The standard InChI is InChI=1S/C14H15NO2/c1-8-12(13(14(16)17)9-6-7-9)10-4-2-3-5-11(10)15-8/h2-5,9,13,15H,6-7H2,1H3,(H,16,17). The van der Waals surface area contributed by atoms with Gasteiger partial charge in [0.05, 0.1) is 5.92 Å². The molecular weight excluding hydrogens is 214 g/mol. The summed E-state index contributed by atoms with van der Waals surface area (Å²) >= 11 is 0. The van der Waals surface area contributed by atoms with E-state index in [1.807, 2.05) is 31.2 Å². The maximum absolute atomic E-state index is 11.5. The van der Waals surface area contributed by atoms with Gasteiger partial charge in [-0.25, -0.2) is 0 Å². The lowest BCUT2D eigenvalue weighted by molar-refractivity contribution is -0.139. The van der Waals surface area contributed by atoms with Gasteiger partial charge in [-0.15, -0.1) is 0 Å². The van der Waals surface area contributed by atoms with Crippen molar-refractivity contribution in [3.63, 3.8) is 0 Å². The van der Waals surface area contributed by atoms with Gasteiger partial charge in [0.15, 0.2) is 0 Å². The molecule has 1 heterocycles. The summed E-state index contributed by atoms with van der Waals surface area (Å²) < 4.78 is 0. The van der Waals surface area contributed by atoms with E-state index >= 15 is 0 Å². The minimum Gasteiger partial charge on any atom is -0.481 e. The molecule has 0 bridgehead atoms. The second-order valence-electron chi connectivity index (χ2n) is 4.86. The van der Waals surface area contributed by atoms with Gasteiger partial charge in [-0.05, 0) is 37.3 Å². The third-order valence-electron chi connectivity index (χ3n) is 3.61. The summed E-state index contributed by atoms with van der Waals surface area (Å²) in [5.41, 5.74) is 3.01. The number of rotatable bonds is 3. The number of carboxylic acid groups (broad SMARTS) is 1. The molecule has 0 amide bonds. The number of benzene rings is 1. The van der Waals surface area contributed by atoms with Crippen molar-refractivity contribution in [2.45, 2.75) is 25.7 Å². The highest BCUT2D eigenvalue weighted by molar-refractivity contribution is 5.91. The first kappa shape index (κ1) is 10.4. The Balaban J connectivity index is 2.20. The van der Waals surface area contributed by atoms with Crippen molar-refractivity contribution in [1.82, 2.24) is 4.98 Å². The molecule has 1 fully saturated rings. The number of aromatic amines is 1. The van der Waals surface area contributed by atoms with E-state index in [1.165, 1.54) is 0 Å². The average Bonchev–Trinajstić information content (AvgIpc) is 3.05. The fourth-order valence-corrected chi connectivity index (χ4v) is 2.69. The molecule has 1 aromatic carbocycles. The SMILES string of the molecule is Cc1[nH]c2ccccc2c1C(C(=O)O)C1CC1. The van der Waals surface area contributed by atoms with E-state index in [0.717, 1.165) is 35.0 Å². The van der Waals surface area contributed by atoms with Crippen LogP contribution in [-0.4, -0.2) is 16.1 Å². The predicted octanol–water partition coefficient (Wildman–Crippen LogP) is 3.05. The molecule has 3 heteroatoms. The maximum Gasteiger partial charge on any atom is 0.311 e. The molecule has 0 aliphatic heterocycles. The van der Waals surface area contributed by atoms with Crippen LogP contribution in [0.25, 0.3) is 10.9 Å². The molecule has 3 nitrogen and oxygen atoms in total. The van der Waals surface area contributed by atoms with Crippen LogP contribution >= 0.6 is 0 Å². The molecule has 2 N–H and O–H groups in total. The number of hydrogen-bond acceptors (Lipinski definition) is 1. The molecule has 1 aromatic heterocycles.